The van der Waals surface area contributed by atoms with Crippen LogP contribution in [0.25, 0.3) is 0 Å². The molecule has 2 aliphatic heterocycles. The molecule has 1 N–H and O–H groups in total. The van der Waals surface area contributed by atoms with E-state index in [9.17, 15) is 13.2 Å². The molecule has 2 saturated heterocycles. The molecule has 18 heavy (non-hydrogen) atoms. The van der Waals surface area contributed by atoms with Crippen molar-refractivity contribution in [2.24, 2.45) is 0 Å². The zero-order chi connectivity index (χ0) is 13.2. The van der Waals surface area contributed by atoms with Gasteiger partial charge < -0.3 is 5.32 Å². The topological polar surface area (TPSA) is 18.5 Å². The summed E-state index contributed by atoms with van der Waals surface area (Å²) in [5, 5.41) is 2.91. The summed E-state index contributed by atoms with van der Waals surface area (Å²) in [4.78, 5) is 3.74. The van der Waals surface area contributed by atoms with Crippen LogP contribution in [0, 0.1) is 0 Å². The molecule has 0 aromatic carbocycles. The van der Waals surface area contributed by atoms with Crippen molar-refractivity contribution in [1.82, 2.24) is 15.1 Å². The predicted octanol–water partition coefficient (Wildman–Crippen LogP) is 1.65. The van der Waals surface area contributed by atoms with Gasteiger partial charge in [0.15, 0.2) is 0 Å². The van der Waals surface area contributed by atoms with E-state index in [2.05, 4.69) is 10.2 Å². The summed E-state index contributed by atoms with van der Waals surface area (Å²) in [5.41, 5.74) is 0. The van der Waals surface area contributed by atoms with Crippen LogP contribution in [0.3, 0.4) is 0 Å². The summed E-state index contributed by atoms with van der Waals surface area (Å²) in [6.45, 7) is 2.14. The molecule has 0 spiro atoms. The quantitative estimate of drug-likeness (QED) is 0.778. The number of nitrogens with one attached hydrogen (secondary N) is 1. The first-order valence-corrected chi connectivity index (χ1v) is 6.73. The molecule has 2 fully saturated rings. The molecule has 2 atom stereocenters. The van der Waals surface area contributed by atoms with Crippen molar-refractivity contribution in [2.75, 3.05) is 33.2 Å². The minimum Gasteiger partial charge on any atom is -0.315 e. The predicted molar refractivity (Wildman–Crippen MR) is 64.3 cm³/mol. The van der Waals surface area contributed by atoms with Gasteiger partial charge in [-0.05, 0) is 45.8 Å². The Bertz CT molecular complexity index is 270. The minimum atomic E-state index is -4.14. The largest absolute Gasteiger partial charge is 0.405 e. The Kier molecular flexibility index (Phi) is 4.50. The Hall–Kier alpha value is -0.330. The second-order valence-electron chi connectivity index (χ2n) is 5.31. The highest BCUT2D eigenvalue weighted by Crippen LogP contribution is 2.30. The van der Waals surface area contributed by atoms with Gasteiger partial charge in [0.05, 0.1) is 6.17 Å². The molecule has 0 aromatic rings. The van der Waals surface area contributed by atoms with Gasteiger partial charge in [-0.3, -0.25) is 9.80 Å². The van der Waals surface area contributed by atoms with E-state index in [-0.39, 0.29) is 12.7 Å². The number of likely N-dealkylation sites (tertiary alicyclic amines) is 1. The second kappa shape index (κ2) is 5.75. The SMILES string of the molecule is CN1CCCCC1N1CCCNCC1C(F)(F)F. The highest BCUT2D eigenvalue weighted by atomic mass is 19.4. The van der Waals surface area contributed by atoms with Gasteiger partial charge in [0.2, 0.25) is 0 Å². The van der Waals surface area contributed by atoms with Crippen LogP contribution in [0.4, 0.5) is 13.2 Å². The van der Waals surface area contributed by atoms with Crippen molar-refractivity contribution in [3.63, 3.8) is 0 Å². The number of alkyl halides is 3. The summed E-state index contributed by atoms with van der Waals surface area (Å²) in [5.74, 6) is 0. The lowest BCUT2D eigenvalue weighted by Crippen LogP contribution is -2.59. The first kappa shape index (κ1) is 14.1. The maximum absolute atomic E-state index is 13.2. The van der Waals surface area contributed by atoms with Gasteiger partial charge in [0.25, 0.3) is 0 Å². The summed E-state index contributed by atoms with van der Waals surface area (Å²) in [7, 11) is 1.94. The summed E-state index contributed by atoms with van der Waals surface area (Å²) < 4.78 is 39.5. The normalized spacial score (nSPS) is 33.3. The molecular formula is C12H22F3N3. The Morgan fingerprint density at radius 2 is 1.89 bits per heavy atom. The van der Waals surface area contributed by atoms with Crippen LogP contribution in [0.2, 0.25) is 0 Å². The minimum absolute atomic E-state index is 0.0217. The fourth-order valence-corrected chi connectivity index (χ4v) is 3.04. The van der Waals surface area contributed by atoms with E-state index in [1.165, 1.54) is 0 Å². The summed E-state index contributed by atoms with van der Waals surface area (Å²) in [6.07, 6.45) is -0.431. The van der Waals surface area contributed by atoms with E-state index in [0.29, 0.717) is 13.1 Å². The van der Waals surface area contributed by atoms with Crippen molar-refractivity contribution < 1.29 is 13.2 Å². The third-order valence-electron chi connectivity index (χ3n) is 4.00. The third-order valence-corrected chi connectivity index (χ3v) is 4.00. The molecule has 2 heterocycles. The van der Waals surface area contributed by atoms with Crippen LogP contribution < -0.4 is 5.32 Å². The standard InChI is InChI=1S/C12H22F3N3/c1-17-7-3-2-5-11(17)18-8-4-6-16-9-10(18)12(13,14)15/h10-11,16H,2-9H2,1H3. The lowest BCUT2D eigenvalue weighted by atomic mass is 10.1. The van der Waals surface area contributed by atoms with Crippen LogP contribution in [-0.2, 0) is 0 Å². The maximum atomic E-state index is 13.2. The van der Waals surface area contributed by atoms with Crippen molar-refractivity contribution in [3.8, 4) is 0 Å². The summed E-state index contributed by atoms with van der Waals surface area (Å²) >= 11 is 0. The van der Waals surface area contributed by atoms with Gasteiger partial charge >= 0.3 is 6.18 Å². The molecule has 2 unspecified atom stereocenters. The van der Waals surface area contributed by atoms with Crippen molar-refractivity contribution >= 4 is 0 Å². The van der Waals surface area contributed by atoms with E-state index < -0.39 is 12.2 Å². The molecule has 3 nitrogen and oxygen atoms in total. The van der Waals surface area contributed by atoms with Crippen molar-refractivity contribution in [2.45, 2.75) is 44.1 Å². The fraction of sp³-hybridized carbons (Fsp3) is 1.00. The smallest absolute Gasteiger partial charge is 0.315 e. The van der Waals surface area contributed by atoms with Gasteiger partial charge in [-0.1, -0.05) is 0 Å². The maximum Gasteiger partial charge on any atom is 0.405 e. The fourth-order valence-electron chi connectivity index (χ4n) is 3.04. The number of rotatable bonds is 1. The van der Waals surface area contributed by atoms with Gasteiger partial charge in [-0.25, -0.2) is 0 Å². The first-order valence-electron chi connectivity index (χ1n) is 6.73. The molecule has 0 aliphatic carbocycles. The second-order valence-corrected chi connectivity index (χ2v) is 5.31. The van der Waals surface area contributed by atoms with Crippen LogP contribution in [0.15, 0.2) is 0 Å². The van der Waals surface area contributed by atoms with Gasteiger partial charge in [0, 0.05) is 13.1 Å². The zero-order valence-corrected chi connectivity index (χ0v) is 10.8. The third kappa shape index (κ3) is 3.16. The molecule has 6 heteroatoms. The number of piperidine rings is 1. The number of nitrogens with zero attached hydrogens (tertiary/aromatic N) is 2. The van der Waals surface area contributed by atoms with E-state index in [1.807, 2.05) is 7.05 Å². The number of hydrogen-bond acceptors (Lipinski definition) is 3. The van der Waals surface area contributed by atoms with Gasteiger partial charge in [-0.15, -0.1) is 0 Å². The van der Waals surface area contributed by atoms with Gasteiger partial charge in [-0.2, -0.15) is 13.2 Å². The first-order chi connectivity index (χ1) is 8.50. The average Bonchev–Trinajstić information content (AvgIpc) is 2.54. The highest BCUT2D eigenvalue weighted by Gasteiger charge is 2.46. The van der Waals surface area contributed by atoms with E-state index >= 15 is 0 Å². The molecule has 0 radical (unpaired) electrons. The lowest BCUT2D eigenvalue weighted by Gasteiger charge is -2.44. The molecule has 106 valence electrons. The van der Waals surface area contributed by atoms with Crippen molar-refractivity contribution in [3.05, 3.63) is 0 Å². The number of hydrogen-bond donors (Lipinski definition) is 1. The van der Waals surface area contributed by atoms with E-state index in [0.717, 1.165) is 32.2 Å². The van der Waals surface area contributed by atoms with E-state index in [4.69, 9.17) is 0 Å². The van der Waals surface area contributed by atoms with E-state index in [1.54, 1.807) is 4.90 Å². The molecule has 2 rings (SSSR count). The Balaban J connectivity index is 2.14. The Morgan fingerprint density at radius 1 is 1.11 bits per heavy atom. The lowest BCUT2D eigenvalue weighted by molar-refractivity contribution is -0.196. The molecule has 0 aromatic heterocycles. The molecule has 2 aliphatic rings. The average molecular weight is 265 g/mol. The molecule has 0 amide bonds. The molecular weight excluding hydrogens is 243 g/mol. The van der Waals surface area contributed by atoms with Gasteiger partial charge in [0.1, 0.15) is 6.04 Å². The Labute approximate surface area is 106 Å². The molecule has 0 bridgehead atoms. The monoisotopic (exact) mass is 265 g/mol. The van der Waals surface area contributed by atoms with Crippen LogP contribution >= 0.6 is 0 Å². The highest BCUT2D eigenvalue weighted by molar-refractivity contribution is 4.88. The van der Waals surface area contributed by atoms with Crippen LogP contribution in [0.1, 0.15) is 25.7 Å². The zero-order valence-electron chi connectivity index (χ0n) is 10.8. The molecule has 0 saturated carbocycles. The van der Waals surface area contributed by atoms with Crippen molar-refractivity contribution in [1.29, 1.82) is 0 Å². The number of halogens is 3. The Morgan fingerprint density at radius 3 is 2.56 bits per heavy atom. The van der Waals surface area contributed by atoms with Crippen LogP contribution in [-0.4, -0.2) is 61.4 Å². The summed E-state index contributed by atoms with van der Waals surface area (Å²) in [6, 6.07) is -1.34. The van der Waals surface area contributed by atoms with Crippen LogP contribution in [0.5, 0.6) is 0 Å².